The lowest BCUT2D eigenvalue weighted by atomic mass is 9.77. The molecule has 140 valence electrons. The molecule has 4 heteroatoms. The van der Waals surface area contributed by atoms with E-state index < -0.39 is 5.60 Å². The lowest BCUT2D eigenvalue weighted by molar-refractivity contribution is 0.0150. The highest BCUT2D eigenvalue weighted by atomic mass is 35.5. The quantitative estimate of drug-likeness (QED) is 0.731. The summed E-state index contributed by atoms with van der Waals surface area (Å²) in [4.78, 5) is 2.07. The van der Waals surface area contributed by atoms with E-state index in [4.69, 9.17) is 11.6 Å². The molecule has 0 aromatic heterocycles. The Morgan fingerprint density at radius 1 is 1.15 bits per heavy atom. The zero-order valence-corrected chi connectivity index (χ0v) is 16.6. The van der Waals surface area contributed by atoms with Crippen molar-refractivity contribution in [3.8, 4) is 0 Å². The minimum atomic E-state index is -1.02. The van der Waals surface area contributed by atoms with Gasteiger partial charge < -0.3 is 10.0 Å². The lowest BCUT2D eigenvalue weighted by Gasteiger charge is -2.37. The van der Waals surface area contributed by atoms with Crippen LogP contribution in [-0.4, -0.2) is 36.2 Å². The first-order valence-corrected chi connectivity index (χ1v) is 9.14. The lowest BCUT2D eigenvalue weighted by Crippen LogP contribution is -2.44. The molecule has 0 saturated carbocycles. The van der Waals surface area contributed by atoms with Gasteiger partial charge in [0.1, 0.15) is 5.82 Å². The molecule has 2 rings (SSSR count). The van der Waals surface area contributed by atoms with Crippen LogP contribution in [0.25, 0.3) is 6.08 Å². The molecule has 0 heterocycles. The van der Waals surface area contributed by atoms with E-state index in [-0.39, 0.29) is 11.7 Å². The van der Waals surface area contributed by atoms with Crippen LogP contribution in [0, 0.1) is 11.7 Å². The number of rotatable bonds is 7. The van der Waals surface area contributed by atoms with Crippen molar-refractivity contribution >= 4 is 17.7 Å². The fraction of sp³-hybridized carbons (Fsp3) is 0.364. The number of benzene rings is 2. The van der Waals surface area contributed by atoms with E-state index in [0.717, 1.165) is 23.2 Å². The Kier molecular flexibility index (Phi) is 6.99. The summed E-state index contributed by atoms with van der Waals surface area (Å²) in [6.07, 6.45) is 2.42. The Bertz CT molecular complexity index is 740. The zero-order valence-electron chi connectivity index (χ0n) is 15.8. The summed E-state index contributed by atoms with van der Waals surface area (Å²) in [5.41, 5.74) is 1.73. The van der Waals surface area contributed by atoms with Gasteiger partial charge >= 0.3 is 0 Å². The fourth-order valence-corrected chi connectivity index (χ4v) is 3.37. The van der Waals surface area contributed by atoms with Crippen LogP contribution in [0.15, 0.2) is 54.1 Å². The molecule has 0 aliphatic carbocycles. The third kappa shape index (κ3) is 5.41. The van der Waals surface area contributed by atoms with Crippen LogP contribution < -0.4 is 0 Å². The minimum Gasteiger partial charge on any atom is -0.385 e. The van der Waals surface area contributed by atoms with E-state index in [0.29, 0.717) is 11.4 Å². The highest BCUT2D eigenvalue weighted by Gasteiger charge is 2.36. The van der Waals surface area contributed by atoms with Crippen molar-refractivity contribution in [2.45, 2.75) is 25.9 Å². The van der Waals surface area contributed by atoms with Crippen molar-refractivity contribution in [3.05, 3.63) is 76.1 Å². The van der Waals surface area contributed by atoms with Crippen molar-refractivity contribution in [1.29, 1.82) is 0 Å². The standard InChI is InChI=1S/C22H27ClFNO/c1-16(13-18-7-11-21(24)12-8-18)22(26,17(2)15-25(3)4)14-19-5-9-20(23)10-6-19/h5-13,17,26H,14-15H2,1-4H3. The smallest absolute Gasteiger partial charge is 0.123 e. The molecular weight excluding hydrogens is 349 g/mol. The maximum absolute atomic E-state index is 13.2. The van der Waals surface area contributed by atoms with Gasteiger partial charge in [-0.25, -0.2) is 4.39 Å². The Balaban J connectivity index is 2.37. The van der Waals surface area contributed by atoms with Crippen molar-refractivity contribution < 1.29 is 9.50 Å². The van der Waals surface area contributed by atoms with Crippen LogP contribution in [0.2, 0.25) is 5.02 Å². The SMILES string of the molecule is CC(=Cc1ccc(F)cc1)C(O)(Cc1ccc(Cl)cc1)C(C)CN(C)C. The molecule has 2 aromatic carbocycles. The van der Waals surface area contributed by atoms with Crippen LogP contribution in [0.3, 0.4) is 0 Å². The van der Waals surface area contributed by atoms with Crippen molar-refractivity contribution in [2.75, 3.05) is 20.6 Å². The Hall–Kier alpha value is -1.68. The van der Waals surface area contributed by atoms with Crippen molar-refractivity contribution in [3.63, 3.8) is 0 Å². The second-order valence-corrected chi connectivity index (χ2v) is 7.71. The summed E-state index contributed by atoms with van der Waals surface area (Å²) < 4.78 is 13.2. The third-order valence-electron chi connectivity index (χ3n) is 4.78. The molecule has 2 unspecified atom stereocenters. The summed E-state index contributed by atoms with van der Waals surface area (Å²) >= 11 is 5.99. The summed E-state index contributed by atoms with van der Waals surface area (Å²) in [6.45, 7) is 4.74. The van der Waals surface area contributed by atoms with Crippen LogP contribution >= 0.6 is 11.6 Å². The maximum Gasteiger partial charge on any atom is 0.123 e. The van der Waals surface area contributed by atoms with E-state index in [1.807, 2.05) is 51.4 Å². The van der Waals surface area contributed by atoms with Crippen LogP contribution in [0.1, 0.15) is 25.0 Å². The van der Waals surface area contributed by atoms with Gasteiger partial charge in [-0.2, -0.15) is 0 Å². The number of hydrogen-bond donors (Lipinski definition) is 1. The van der Waals surface area contributed by atoms with E-state index in [2.05, 4.69) is 11.8 Å². The first-order chi connectivity index (χ1) is 12.2. The Morgan fingerprint density at radius 2 is 1.73 bits per heavy atom. The first-order valence-electron chi connectivity index (χ1n) is 8.76. The van der Waals surface area contributed by atoms with Gasteiger partial charge in [0.2, 0.25) is 0 Å². The van der Waals surface area contributed by atoms with E-state index in [1.54, 1.807) is 12.1 Å². The van der Waals surface area contributed by atoms with Gasteiger partial charge in [0.15, 0.2) is 0 Å². The molecule has 2 aromatic rings. The highest BCUT2D eigenvalue weighted by Crippen LogP contribution is 2.32. The number of aliphatic hydroxyl groups is 1. The molecular formula is C22H27ClFNO. The van der Waals surface area contributed by atoms with E-state index >= 15 is 0 Å². The first kappa shape index (κ1) is 20.6. The molecule has 0 bridgehead atoms. The maximum atomic E-state index is 13.2. The number of hydrogen-bond acceptors (Lipinski definition) is 2. The van der Waals surface area contributed by atoms with Crippen molar-refractivity contribution in [2.24, 2.45) is 5.92 Å². The van der Waals surface area contributed by atoms with Crippen molar-refractivity contribution in [1.82, 2.24) is 4.90 Å². The molecule has 0 spiro atoms. The molecule has 1 N–H and O–H groups in total. The molecule has 26 heavy (non-hydrogen) atoms. The molecule has 0 aliphatic rings. The van der Waals surface area contributed by atoms with Gasteiger partial charge in [-0.3, -0.25) is 0 Å². The molecule has 2 atom stereocenters. The third-order valence-corrected chi connectivity index (χ3v) is 5.03. The van der Waals surface area contributed by atoms with Crippen LogP contribution in [-0.2, 0) is 6.42 Å². The van der Waals surface area contributed by atoms with E-state index in [9.17, 15) is 9.50 Å². The molecule has 0 aliphatic heterocycles. The second kappa shape index (κ2) is 8.81. The summed E-state index contributed by atoms with van der Waals surface area (Å²) in [5.74, 6) is -0.262. The number of halogens is 2. The Labute approximate surface area is 160 Å². The molecule has 0 fully saturated rings. The van der Waals surface area contributed by atoms with Gasteiger partial charge in [0.25, 0.3) is 0 Å². The fourth-order valence-electron chi connectivity index (χ4n) is 3.25. The summed E-state index contributed by atoms with van der Waals surface area (Å²) in [6, 6.07) is 13.9. The van der Waals surface area contributed by atoms with Gasteiger partial charge in [-0.05, 0) is 62.0 Å². The van der Waals surface area contributed by atoms with Crippen LogP contribution in [0.5, 0.6) is 0 Å². The second-order valence-electron chi connectivity index (χ2n) is 7.27. The largest absolute Gasteiger partial charge is 0.385 e. The summed E-state index contributed by atoms with van der Waals surface area (Å²) in [7, 11) is 4.00. The zero-order chi connectivity index (χ0) is 19.3. The van der Waals surface area contributed by atoms with Gasteiger partial charge in [-0.15, -0.1) is 0 Å². The molecule has 0 saturated heterocycles. The average molecular weight is 376 g/mol. The van der Waals surface area contributed by atoms with Gasteiger partial charge in [0.05, 0.1) is 5.60 Å². The van der Waals surface area contributed by atoms with Crippen LogP contribution in [0.4, 0.5) is 4.39 Å². The minimum absolute atomic E-state index is 0.00452. The highest BCUT2D eigenvalue weighted by molar-refractivity contribution is 6.30. The molecule has 0 radical (unpaired) electrons. The topological polar surface area (TPSA) is 23.5 Å². The predicted molar refractivity (Wildman–Crippen MR) is 108 cm³/mol. The Morgan fingerprint density at radius 3 is 2.27 bits per heavy atom. The van der Waals surface area contributed by atoms with E-state index in [1.165, 1.54) is 12.1 Å². The number of nitrogens with zero attached hydrogens (tertiary/aromatic N) is 1. The normalized spacial score (nSPS) is 15.8. The monoisotopic (exact) mass is 375 g/mol. The molecule has 2 nitrogen and oxygen atoms in total. The van der Waals surface area contributed by atoms with Gasteiger partial charge in [-0.1, -0.05) is 48.9 Å². The van der Waals surface area contributed by atoms with Gasteiger partial charge in [0, 0.05) is 23.9 Å². The summed E-state index contributed by atoms with van der Waals surface area (Å²) in [5, 5.41) is 12.3. The predicted octanol–water partition coefficient (Wildman–Crippen LogP) is 5.05. The molecule has 0 amide bonds. The average Bonchev–Trinajstić information content (AvgIpc) is 2.58.